The number of fused-ring (bicyclic) bond motifs is 1. The van der Waals surface area contributed by atoms with Crippen molar-refractivity contribution in [1.29, 1.82) is 0 Å². The molecule has 3 rings (SSSR count). The lowest BCUT2D eigenvalue weighted by Gasteiger charge is -2.15. The molecule has 1 atom stereocenters. The number of rotatable bonds is 4. The maximum absolute atomic E-state index is 13.8. The largest absolute Gasteiger partial charge is 0.507 e. The Hall–Kier alpha value is -3.32. The highest BCUT2D eigenvalue weighted by atomic mass is 35.5. The topological polar surface area (TPSA) is 95.9 Å². The molecule has 0 aliphatic rings. The summed E-state index contributed by atoms with van der Waals surface area (Å²) in [6, 6.07) is 11.2. The van der Waals surface area contributed by atoms with Crippen molar-refractivity contribution in [3.05, 3.63) is 64.9 Å². The Labute approximate surface area is 164 Å². The lowest BCUT2D eigenvalue weighted by atomic mass is 10.0. The van der Waals surface area contributed by atoms with Crippen molar-refractivity contribution >= 4 is 39.9 Å². The molecule has 8 heteroatoms. The fraction of sp³-hybridized carbons (Fsp3) is 0.100. The number of aromatic hydroxyl groups is 2. The van der Waals surface area contributed by atoms with E-state index in [1.54, 1.807) is 18.2 Å². The Morgan fingerprint density at radius 2 is 1.79 bits per heavy atom. The number of hydrogen-bond acceptors (Lipinski definition) is 5. The first kappa shape index (κ1) is 19.4. The zero-order valence-electron chi connectivity index (χ0n) is 14.6. The molecule has 3 aromatic carbocycles. The van der Waals surface area contributed by atoms with Crippen LogP contribution in [0, 0.1) is 5.82 Å². The van der Waals surface area contributed by atoms with Crippen LogP contribution in [0.3, 0.4) is 0 Å². The third kappa shape index (κ3) is 3.84. The summed E-state index contributed by atoms with van der Waals surface area (Å²) in [5.74, 6) is -3.14. The van der Waals surface area contributed by atoms with Gasteiger partial charge in [0.05, 0.1) is 5.69 Å². The van der Waals surface area contributed by atoms with E-state index in [1.165, 1.54) is 25.1 Å². The zero-order valence-corrected chi connectivity index (χ0v) is 15.3. The van der Waals surface area contributed by atoms with Gasteiger partial charge in [-0.15, -0.1) is 0 Å². The van der Waals surface area contributed by atoms with E-state index in [-0.39, 0.29) is 33.2 Å². The highest BCUT2D eigenvalue weighted by Gasteiger charge is 2.24. The molecule has 0 saturated carbocycles. The van der Waals surface area contributed by atoms with Crippen molar-refractivity contribution in [2.45, 2.75) is 13.0 Å². The number of carbonyl (C=O) groups is 2. The summed E-state index contributed by atoms with van der Waals surface area (Å²) in [6.45, 7) is 1.29. The van der Waals surface area contributed by atoms with Gasteiger partial charge in [0.2, 0.25) is 0 Å². The fourth-order valence-electron chi connectivity index (χ4n) is 2.60. The fourth-order valence-corrected chi connectivity index (χ4v) is 2.76. The van der Waals surface area contributed by atoms with Crippen LogP contribution in [0.5, 0.6) is 11.5 Å². The van der Waals surface area contributed by atoms with Gasteiger partial charge in [0.1, 0.15) is 22.9 Å². The molecular formula is C20H15ClFNO5. The van der Waals surface area contributed by atoms with Gasteiger partial charge in [-0.2, -0.15) is 0 Å². The quantitative estimate of drug-likeness (QED) is 0.447. The second kappa shape index (κ2) is 7.74. The molecule has 0 radical (unpaired) electrons. The molecule has 0 aliphatic heterocycles. The summed E-state index contributed by atoms with van der Waals surface area (Å²) in [4.78, 5) is 24.6. The van der Waals surface area contributed by atoms with Gasteiger partial charge < -0.3 is 20.3 Å². The molecule has 3 aromatic rings. The van der Waals surface area contributed by atoms with E-state index in [9.17, 15) is 24.2 Å². The van der Waals surface area contributed by atoms with Crippen molar-refractivity contribution in [3.63, 3.8) is 0 Å². The number of hydrogen-bond donors (Lipinski definition) is 3. The lowest BCUT2D eigenvalue weighted by Crippen LogP contribution is -2.30. The summed E-state index contributed by atoms with van der Waals surface area (Å²) < 4.78 is 18.8. The maximum atomic E-state index is 13.8. The van der Waals surface area contributed by atoms with Crippen LogP contribution < -0.4 is 5.32 Å². The van der Waals surface area contributed by atoms with E-state index >= 15 is 0 Å². The first-order valence-electron chi connectivity index (χ1n) is 8.18. The molecule has 3 N–H and O–H groups in total. The number of phenols is 2. The zero-order chi connectivity index (χ0) is 20.4. The van der Waals surface area contributed by atoms with Crippen LogP contribution in [-0.4, -0.2) is 28.2 Å². The first-order valence-corrected chi connectivity index (χ1v) is 8.56. The van der Waals surface area contributed by atoms with E-state index < -0.39 is 23.8 Å². The van der Waals surface area contributed by atoms with Gasteiger partial charge >= 0.3 is 5.97 Å². The molecule has 0 spiro atoms. The molecule has 6 nitrogen and oxygen atoms in total. The molecule has 1 amide bonds. The Balaban J connectivity index is 1.78. The number of anilines is 1. The first-order chi connectivity index (χ1) is 13.3. The number of amides is 1. The number of carbonyl (C=O) groups excluding carboxylic acids is 2. The predicted octanol–water partition coefficient (Wildman–Crippen LogP) is 4.23. The molecular weight excluding hydrogens is 389 g/mol. The molecule has 0 bridgehead atoms. The lowest BCUT2D eigenvalue weighted by molar-refractivity contribution is -0.123. The monoisotopic (exact) mass is 403 g/mol. The average Bonchev–Trinajstić information content (AvgIpc) is 2.66. The molecule has 0 heterocycles. The maximum Gasteiger partial charge on any atom is 0.342 e. The van der Waals surface area contributed by atoms with Gasteiger partial charge in [0.25, 0.3) is 5.91 Å². The van der Waals surface area contributed by atoms with Crippen LogP contribution in [0.1, 0.15) is 17.3 Å². The van der Waals surface area contributed by atoms with E-state index in [0.717, 1.165) is 12.1 Å². The Kier molecular flexibility index (Phi) is 5.37. The van der Waals surface area contributed by atoms with Crippen LogP contribution in [-0.2, 0) is 9.53 Å². The third-order valence-corrected chi connectivity index (χ3v) is 4.29. The van der Waals surface area contributed by atoms with Crippen molar-refractivity contribution < 1.29 is 28.9 Å². The average molecular weight is 404 g/mol. The van der Waals surface area contributed by atoms with Gasteiger partial charge in [-0.1, -0.05) is 35.9 Å². The molecule has 0 saturated heterocycles. The Bertz CT molecular complexity index is 1090. The number of nitrogens with one attached hydrogen (secondary N) is 1. The van der Waals surface area contributed by atoms with Crippen molar-refractivity contribution in [3.8, 4) is 11.5 Å². The summed E-state index contributed by atoms with van der Waals surface area (Å²) >= 11 is 5.66. The highest BCUT2D eigenvalue weighted by Crippen LogP contribution is 2.35. The van der Waals surface area contributed by atoms with Crippen LogP contribution >= 0.6 is 11.6 Å². The normalized spacial score (nSPS) is 11.8. The number of benzene rings is 3. The number of halogens is 2. The smallest absolute Gasteiger partial charge is 0.342 e. The third-order valence-electron chi connectivity index (χ3n) is 4.06. The van der Waals surface area contributed by atoms with Gasteiger partial charge in [-0.3, -0.25) is 4.79 Å². The second-order valence-corrected chi connectivity index (χ2v) is 6.43. The van der Waals surface area contributed by atoms with Gasteiger partial charge in [0.15, 0.2) is 6.10 Å². The standard InChI is InChI=1S/C20H15ClFNO5/c1-10(19(26)23-16-7-6-11(21)8-15(16)22)28-20(27)14-9-17(24)12-4-2-3-5-13(12)18(14)25/h2-10,24-25H,1H3,(H,23,26)/t10-/m1/s1. The van der Waals surface area contributed by atoms with E-state index in [4.69, 9.17) is 16.3 Å². The van der Waals surface area contributed by atoms with Crippen molar-refractivity contribution in [2.24, 2.45) is 0 Å². The van der Waals surface area contributed by atoms with Crippen molar-refractivity contribution in [2.75, 3.05) is 5.32 Å². The van der Waals surface area contributed by atoms with Crippen LogP contribution in [0.25, 0.3) is 10.8 Å². The molecule has 28 heavy (non-hydrogen) atoms. The van der Waals surface area contributed by atoms with E-state index in [2.05, 4.69) is 5.32 Å². The van der Waals surface area contributed by atoms with Crippen LogP contribution in [0.15, 0.2) is 48.5 Å². The van der Waals surface area contributed by atoms with E-state index in [0.29, 0.717) is 5.39 Å². The predicted molar refractivity (Wildman–Crippen MR) is 102 cm³/mol. The Morgan fingerprint density at radius 3 is 2.46 bits per heavy atom. The number of ether oxygens (including phenoxy) is 1. The summed E-state index contributed by atoms with van der Waals surface area (Å²) in [6.07, 6.45) is -1.30. The highest BCUT2D eigenvalue weighted by molar-refractivity contribution is 6.30. The minimum absolute atomic E-state index is 0.122. The molecule has 0 aliphatic carbocycles. The second-order valence-electron chi connectivity index (χ2n) is 6.00. The minimum atomic E-state index is -1.30. The molecule has 0 aromatic heterocycles. The number of esters is 1. The number of phenolic OH excluding ortho intramolecular Hbond substituents is 2. The van der Waals surface area contributed by atoms with Gasteiger partial charge in [-0.25, -0.2) is 9.18 Å². The molecule has 144 valence electrons. The van der Waals surface area contributed by atoms with Crippen molar-refractivity contribution in [1.82, 2.24) is 0 Å². The summed E-state index contributed by atoms with van der Waals surface area (Å²) in [5, 5.41) is 23.5. The molecule has 0 fully saturated rings. The van der Waals surface area contributed by atoms with Crippen LogP contribution in [0.2, 0.25) is 5.02 Å². The summed E-state index contributed by atoms with van der Waals surface area (Å²) in [7, 11) is 0. The van der Waals surface area contributed by atoms with E-state index in [1.807, 2.05) is 0 Å². The Morgan fingerprint density at radius 1 is 1.11 bits per heavy atom. The minimum Gasteiger partial charge on any atom is -0.507 e. The van der Waals surface area contributed by atoms with Gasteiger partial charge in [-0.05, 0) is 31.2 Å². The molecule has 0 unspecified atom stereocenters. The SMILES string of the molecule is C[C@@H](OC(=O)c1cc(O)c2ccccc2c1O)C(=O)Nc1ccc(Cl)cc1F. The van der Waals surface area contributed by atoms with Crippen LogP contribution in [0.4, 0.5) is 10.1 Å². The summed E-state index contributed by atoms with van der Waals surface area (Å²) in [5.41, 5.74) is -0.419. The van der Waals surface area contributed by atoms with Gasteiger partial charge in [0, 0.05) is 15.8 Å².